The molecule has 0 bridgehead atoms. The fourth-order valence-corrected chi connectivity index (χ4v) is 4.98. The van der Waals surface area contributed by atoms with Crippen molar-refractivity contribution in [1.82, 2.24) is 9.88 Å². The minimum absolute atomic E-state index is 0.0106. The minimum atomic E-state index is 0.0106. The number of fused-ring (bicyclic) bond motifs is 2. The average Bonchev–Trinajstić information content (AvgIpc) is 3.18. The molecule has 31 heavy (non-hydrogen) atoms. The molecule has 5 heteroatoms. The normalized spacial score (nSPS) is 11.5. The van der Waals surface area contributed by atoms with Gasteiger partial charge in [-0.3, -0.25) is 9.69 Å². The number of anilines is 1. The van der Waals surface area contributed by atoms with E-state index in [-0.39, 0.29) is 5.91 Å². The summed E-state index contributed by atoms with van der Waals surface area (Å²) in [4.78, 5) is 22.9. The van der Waals surface area contributed by atoms with Crippen molar-refractivity contribution in [2.45, 2.75) is 27.7 Å². The smallest absolute Gasteiger partial charge is 0.260 e. The van der Waals surface area contributed by atoms with Crippen LogP contribution in [0.5, 0.6) is 0 Å². The molecular formula is C26H29N3OS. The molecule has 4 aromatic rings. The fourth-order valence-electron chi connectivity index (χ4n) is 3.91. The Balaban J connectivity index is 1.77. The first-order valence-electron chi connectivity index (χ1n) is 10.9. The Morgan fingerprint density at radius 2 is 1.65 bits per heavy atom. The zero-order valence-corrected chi connectivity index (χ0v) is 19.5. The molecule has 3 aromatic carbocycles. The van der Waals surface area contributed by atoms with Crippen LogP contribution in [0.2, 0.25) is 0 Å². The second-order valence-corrected chi connectivity index (χ2v) is 8.92. The van der Waals surface area contributed by atoms with Crippen LogP contribution in [-0.4, -0.2) is 42.0 Å². The lowest BCUT2D eigenvalue weighted by Gasteiger charge is -2.25. The number of hydrogen-bond acceptors (Lipinski definition) is 4. The Labute approximate surface area is 188 Å². The molecule has 0 fully saturated rings. The molecule has 0 aliphatic heterocycles. The third kappa shape index (κ3) is 4.34. The highest BCUT2D eigenvalue weighted by Gasteiger charge is 2.23. The lowest BCUT2D eigenvalue weighted by atomic mass is 10.0. The van der Waals surface area contributed by atoms with Crippen molar-refractivity contribution >= 4 is 43.4 Å². The number of nitrogens with zero attached hydrogens (tertiary/aromatic N) is 3. The number of benzene rings is 3. The number of carbonyl (C=O) groups is 1. The third-order valence-electron chi connectivity index (χ3n) is 6.02. The van der Waals surface area contributed by atoms with Crippen LogP contribution in [0.3, 0.4) is 0 Å². The molecule has 0 unspecified atom stereocenters. The number of aromatic nitrogens is 1. The first kappa shape index (κ1) is 21.5. The van der Waals surface area contributed by atoms with Crippen molar-refractivity contribution in [2.24, 2.45) is 0 Å². The number of aryl methyl sites for hydroxylation is 2. The molecule has 4 nitrogen and oxygen atoms in total. The van der Waals surface area contributed by atoms with Crippen molar-refractivity contribution in [3.8, 4) is 0 Å². The first-order chi connectivity index (χ1) is 15.0. The molecule has 0 aliphatic carbocycles. The Morgan fingerprint density at radius 3 is 2.42 bits per heavy atom. The number of hydrogen-bond donors (Lipinski definition) is 0. The summed E-state index contributed by atoms with van der Waals surface area (Å²) < 4.78 is 1.12. The van der Waals surface area contributed by atoms with Crippen LogP contribution in [0.15, 0.2) is 54.6 Å². The Kier molecular flexibility index (Phi) is 6.35. The lowest BCUT2D eigenvalue weighted by molar-refractivity contribution is 0.0985. The number of thiazole rings is 1. The predicted octanol–water partition coefficient (Wildman–Crippen LogP) is 6.05. The van der Waals surface area contributed by atoms with E-state index in [2.05, 4.69) is 56.9 Å². The van der Waals surface area contributed by atoms with Crippen molar-refractivity contribution in [3.05, 3.63) is 71.3 Å². The molecule has 0 saturated carbocycles. The highest BCUT2D eigenvalue weighted by molar-refractivity contribution is 7.22. The zero-order valence-electron chi connectivity index (χ0n) is 18.7. The van der Waals surface area contributed by atoms with Crippen LogP contribution in [0.25, 0.3) is 21.0 Å². The summed E-state index contributed by atoms with van der Waals surface area (Å²) in [6.45, 7) is 11.9. The van der Waals surface area contributed by atoms with E-state index < -0.39 is 0 Å². The summed E-state index contributed by atoms with van der Waals surface area (Å²) in [5, 5.41) is 2.83. The quantitative estimate of drug-likeness (QED) is 0.357. The molecule has 4 rings (SSSR count). The van der Waals surface area contributed by atoms with E-state index in [9.17, 15) is 4.79 Å². The van der Waals surface area contributed by atoms with Gasteiger partial charge in [-0.1, -0.05) is 61.6 Å². The summed E-state index contributed by atoms with van der Waals surface area (Å²) >= 11 is 1.60. The molecule has 0 spiro atoms. The number of carbonyl (C=O) groups excluding carboxylic acids is 1. The topological polar surface area (TPSA) is 36.4 Å². The molecule has 0 radical (unpaired) electrons. The van der Waals surface area contributed by atoms with Gasteiger partial charge in [-0.25, -0.2) is 4.98 Å². The average molecular weight is 432 g/mol. The van der Waals surface area contributed by atoms with E-state index >= 15 is 0 Å². The van der Waals surface area contributed by atoms with Gasteiger partial charge in [0.1, 0.15) is 0 Å². The zero-order chi connectivity index (χ0) is 22.0. The molecule has 160 valence electrons. The highest BCUT2D eigenvalue weighted by atomic mass is 32.1. The summed E-state index contributed by atoms with van der Waals surface area (Å²) in [7, 11) is 0. The van der Waals surface area contributed by atoms with Gasteiger partial charge in [-0.2, -0.15) is 0 Å². The van der Waals surface area contributed by atoms with E-state index in [1.54, 1.807) is 11.3 Å². The summed E-state index contributed by atoms with van der Waals surface area (Å²) in [6.07, 6.45) is 0. The SMILES string of the molecule is CCN(CC)CCN(C(=O)c1cccc2ccccc12)c1nc2cc(C)c(C)cc2s1. The van der Waals surface area contributed by atoms with Gasteiger partial charge in [0.05, 0.1) is 10.2 Å². The molecule has 0 aliphatic rings. The van der Waals surface area contributed by atoms with Crippen LogP contribution < -0.4 is 4.90 Å². The summed E-state index contributed by atoms with van der Waals surface area (Å²) in [6, 6.07) is 18.3. The van der Waals surface area contributed by atoms with Gasteiger partial charge in [0, 0.05) is 18.7 Å². The maximum absolute atomic E-state index is 13.8. The van der Waals surface area contributed by atoms with E-state index in [4.69, 9.17) is 4.98 Å². The van der Waals surface area contributed by atoms with Gasteiger partial charge in [0.2, 0.25) is 0 Å². The number of amides is 1. The summed E-state index contributed by atoms with van der Waals surface area (Å²) in [5.41, 5.74) is 4.16. The van der Waals surface area contributed by atoms with Crippen molar-refractivity contribution < 1.29 is 4.79 Å². The van der Waals surface area contributed by atoms with E-state index in [0.717, 1.165) is 51.3 Å². The van der Waals surface area contributed by atoms with Crippen molar-refractivity contribution in [1.29, 1.82) is 0 Å². The van der Waals surface area contributed by atoms with E-state index in [1.807, 2.05) is 35.2 Å². The predicted molar refractivity (Wildman–Crippen MR) is 133 cm³/mol. The van der Waals surface area contributed by atoms with Crippen LogP contribution in [0.1, 0.15) is 35.3 Å². The molecule has 0 atom stereocenters. The first-order valence-corrected chi connectivity index (χ1v) is 11.7. The Hall–Kier alpha value is -2.76. The van der Waals surface area contributed by atoms with Crippen LogP contribution in [-0.2, 0) is 0 Å². The van der Waals surface area contributed by atoms with Gasteiger partial charge >= 0.3 is 0 Å². The van der Waals surface area contributed by atoms with Gasteiger partial charge in [-0.05, 0) is 67.0 Å². The van der Waals surface area contributed by atoms with Crippen LogP contribution in [0.4, 0.5) is 5.13 Å². The monoisotopic (exact) mass is 431 g/mol. The van der Waals surface area contributed by atoms with Crippen molar-refractivity contribution in [2.75, 3.05) is 31.1 Å². The largest absolute Gasteiger partial charge is 0.302 e. The van der Waals surface area contributed by atoms with Crippen LogP contribution in [0, 0.1) is 13.8 Å². The summed E-state index contributed by atoms with van der Waals surface area (Å²) in [5.74, 6) is 0.0106. The molecule has 0 saturated heterocycles. The van der Waals surface area contributed by atoms with Crippen molar-refractivity contribution in [3.63, 3.8) is 0 Å². The number of rotatable bonds is 7. The molecule has 1 aromatic heterocycles. The number of likely N-dealkylation sites (N-methyl/N-ethyl adjacent to an activating group) is 1. The maximum Gasteiger partial charge on any atom is 0.260 e. The van der Waals surface area contributed by atoms with Gasteiger partial charge in [-0.15, -0.1) is 0 Å². The highest BCUT2D eigenvalue weighted by Crippen LogP contribution is 2.32. The molecule has 1 heterocycles. The molecule has 0 N–H and O–H groups in total. The Morgan fingerprint density at radius 1 is 0.935 bits per heavy atom. The van der Waals surface area contributed by atoms with Crippen LogP contribution >= 0.6 is 11.3 Å². The second kappa shape index (κ2) is 9.16. The third-order valence-corrected chi connectivity index (χ3v) is 7.06. The van der Waals surface area contributed by atoms with Gasteiger partial charge in [0.25, 0.3) is 5.91 Å². The Bertz CT molecular complexity index is 1180. The second-order valence-electron chi connectivity index (χ2n) is 7.91. The standard InChI is InChI=1S/C26H29N3OS/c1-5-28(6-2)14-15-29(26-27-23-16-18(3)19(4)17-24(23)31-26)25(30)22-13-9-11-20-10-7-8-12-21(20)22/h7-13,16-17H,5-6,14-15H2,1-4H3. The van der Waals surface area contributed by atoms with Gasteiger partial charge < -0.3 is 4.90 Å². The van der Waals surface area contributed by atoms with E-state index in [1.165, 1.54) is 11.1 Å². The van der Waals surface area contributed by atoms with Gasteiger partial charge in [0.15, 0.2) is 5.13 Å². The minimum Gasteiger partial charge on any atom is -0.302 e. The molecular weight excluding hydrogens is 402 g/mol. The molecule has 1 amide bonds. The fraction of sp³-hybridized carbons (Fsp3) is 0.308. The lowest BCUT2D eigenvalue weighted by Crippen LogP contribution is -2.39. The van der Waals surface area contributed by atoms with E-state index in [0.29, 0.717) is 6.54 Å². The maximum atomic E-state index is 13.8.